The second kappa shape index (κ2) is 8.23. The maximum absolute atomic E-state index is 2.29. The van der Waals surface area contributed by atoms with Gasteiger partial charge in [-0.15, -0.1) is 23.5 Å². The van der Waals surface area contributed by atoms with E-state index >= 15 is 0 Å². The van der Waals surface area contributed by atoms with Crippen LogP contribution in [0.25, 0.3) is 0 Å². The van der Waals surface area contributed by atoms with Crippen molar-refractivity contribution < 1.29 is 0 Å². The van der Waals surface area contributed by atoms with E-state index < -0.39 is 0 Å². The Morgan fingerprint density at radius 1 is 0.714 bits per heavy atom. The summed E-state index contributed by atoms with van der Waals surface area (Å²) in [7, 11) is 0. The average molecular weight is 253 g/mol. The van der Waals surface area contributed by atoms with E-state index in [0.29, 0.717) is 0 Å². The third-order valence-electron chi connectivity index (χ3n) is 1.41. The first kappa shape index (κ1) is 15.0. The second-order valence-corrected chi connectivity index (χ2v) is 9.66. The van der Waals surface area contributed by atoms with Gasteiger partial charge in [0.1, 0.15) is 0 Å². The monoisotopic (exact) mass is 252 g/mol. The normalized spacial score (nSPS) is 12.4. The molecule has 0 aromatic rings. The Morgan fingerprint density at radius 2 is 1.14 bits per heavy atom. The van der Waals surface area contributed by atoms with Gasteiger partial charge in [-0.2, -0.15) is 11.8 Å². The molecule has 0 aliphatic rings. The lowest BCUT2D eigenvalue weighted by molar-refractivity contribution is 1.08. The fourth-order valence-corrected chi connectivity index (χ4v) is 5.43. The minimum absolute atomic E-state index is 0.749. The van der Waals surface area contributed by atoms with E-state index in [1.165, 1.54) is 5.75 Å². The molecule has 3 heteroatoms. The van der Waals surface area contributed by atoms with E-state index in [9.17, 15) is 0 Å². The Bertz CT molecular complexity index is 122. The van der Waals surface area contributed by atoms with Crippen molar-refractivity contribution in [3.8, 4) is 0 Å². The molecule has 14 heavy (non-hydrogen) atoms. The standard InChI is InChI=1S/C11H24S3/c1-8(2)12-7-11(13-9(3)4)14-10(5)6/h8-11H,7H2,1-6H3. The minimum Gasteiger partial charge on any atom is -0.157 e. The van der Waals surface area contributed by atoms with E-state index in [1.807, 2.05) is 0 Å². The zero-order valence-corrected chi connectivity index (χ0v) is 12.7. The molecule has 0 spiro atoms. The predicted molar refractivity (Wildman–Crippen MR) is 76.8 cm³/mol. The van der Waals surface area contributed by atoms with Crippen LogP contribution in [0.15, 0.2) is 0 Å². The largest absolute Gasteiger partial charge is 0.157 e. The summed E-state index contributed by atoms with van der Waals surface area (Å²) in [4.78, 5) is 0. The summed E-state index contributed by atoms with van der Waals surface area (Å²) < 4.78 is 0.766. The fourth-order valence-electron chi connectivity index (χ4n) is 0.989. The Labute approximate surface area is 103 Å². The molecule has 0 bridgehead atoms. The van der Waals surface area contributed by atoms with E-state index in [-0.39, 0.29) is 0 Å². The van der Waals surface area contributed by atoms with Crippen LogP contribution in [0.1, 0.15) is 41.5 Å². The van der Waals surface area contributed by atoms with Gasteiger partial charge < -0.3 is 0 Å². The lowest BCUT2D eigenvalue weighted by atomic mass is 10.6. The Balaban J connectivity index is 3.84. The van der Waals surface area contributed by atoms with Gasteiger partial charge in [-0.25, -0.2) is 0 Å². The molecule has 0 unspecified atom stereocenters. The van der Waals surface area contributed by atoms with Gasteiger partial charge in [0.2, 0.25) is 0 Å². The van der Waals surface area contributed by atoms with Gasteiger partial charge in [-0.3, -0.25) is 0 Å². The molecule has 0 fully saturated rings. The zero-order chi connectivity index (χ0) is 11.1. The van der Waals surface area contributed by atoms with Gasteiger partial charge in [0.25, 0.3) is 0 Å². The predicted octanol–water partition coefficient (Wildman–Crippen LogP) is 4.74. The van der Waals surface area contributed by atoms with Crippen LogP contribution >= 0.6 is 35.3 Å². The highest BCUT2D eigenvalue weighted by atomic mass is 32.2. The van der Waals surface area contributed by atoms with Crippen molar-refractivity contribution in [2.24, 2.45) is 0 Å². The summed E-state index contributed by atoms with van der Waals surface area (Å²) in [5, 5.41) is 2.26. The Hall–Kier alpha value is 1.05. The summed E-state index contributed by atoms with van der Waals surface area (Å²) in [6, 6.07) is 0. The highest BCUT2D eigenvalue weighted by Crippen LogP contribution is 2.33. The van der Waals surface area contributed by atoms with Crippen LogP contribution in [-0.4, -0.2) is 26.1 Å². The quantitative estimate of drug-likeness (QED) is 0.601. The molecule has 0 aliphatic carbocycles. The molecule has 0 saturated heterocycles. The summed E-state index contributed by atoms with van der Waals surface area (Å²) in [6.45, 7) is 13.7. The summed E-state index contributed by atoms with van der Waals surface area (Å²) in [5.41, 5.74) is 0. The summed E-state index contributed by atoms with van der Waals surface area (Å²) in [5.74, 6) is 1.28. The molecule has 0 nitrogen and oxygen atoms in total. The fraction of sp³-hybridized carbons (Fsp3) is 1.00. The highest BCUT2D eigenvalue weighted by molar-refractivity contribution is 8.18. The molecule has 86 valence electrons. The van der Waals surface area contributed by atoms with E-state index in [1.54, 1.807) is 0 Å². The van der Waals surface area contributed by atoms with Crippen LogP contribution < -0.4 is 0 Å². The van der Waals surface area contributed by atoms with Crippen LogP contribution in [0.4, 0.5) is 0 Å². The van der Waals surface area contributed by atoms with Crippen molar-refractivity contribution in [2.45, 2.75) is 61.9 Å². The lowest BCUT2D eigenvalue weighted by Gasteiger charge is -2.20. The van der Waals surface area contributed by atoms with Crippen LogP contribution in [-0.2, 0) is 0 Å². The van der Waals surface area contributed by atoms with Crippen molar-refractivity contribution in [3.63, 3.8) is 0 Å². The molecule has 0 N–H and O–H groups in total. The molecular formula is C11H24S3. The highest BCUT2D eigenvalue weighted by Gasteiger charge is 2.14. The molecule has 0 aromatic carbocycles. The van der Waals surface area contributed by atoms with Crippen LogP contribution in [0.5, 0.6) is 0 Å². The molecule has 0 aliphatic heterocycles. The van der Waals surface area contributed by atoms with E-state index in [2.05, 4.69) is 76.8 Å². The third-order valence-corrected chi connectivity index (χ3v) is 5.72. The van der Waals surface area contributed by atoms with E-state index in [4.69, 9.17) is 0 Å². The van der Waals surface area contributed by atoms with Crippen LogP contribution in [0.3, 0.4) is 0 Å². The van der Waals surface area contributed by atoms with Crippen molar-refractivity contribution >= 4 is 35.3 Å². The summed E-state index contributed by atoms with van der Waals surface area (Å²) in [6.07, 6.45) is 0. The molecule has 0 radical (unpaired) electrons. The maximum Gasteiger partial charge on any atom is 0.0598 e. The number of rotatable bonds is 7. The molecular weight excluding hydrogens is 228 g/mol. The van der Waals surface area contributed by atoms with Crippen molar-refractivity contribution in [3.05, 3.63) is 0 Å². The molecule has 0 rings (SSSR count). The van der Waals surface area contributed by atoms with Gasteiger partial charge in [0.05, 0.1) is 4.58 Å². The SMILES string of the molecule is CC(C)SCC(SC(C)C)SC(C)C. The number of hydrogen-bond acceptors (Lipinski definition) is 3. The van der Waals surface area contributed by atoms with E-state index in [0.717, 1.165) is 20.3 Å². The molecule has 0 atom stereocenters. The second-order valence-electron chi connectivity index (χ2n) is 4.18. The minimum atomic E-state index is 0.749. The molecule has 0 aromatic heterocycles. The van der Waals surface area contributed by atoms with Crippen molar-refractivity contribution in [2.75, 3.05) is 5.75 Å². The van der Waals surface area contributed by atoms with Gasteiger partial charge >= 0.3 is 0 Å². The first-order valence-electron chi connectivity index (χ1n) is 5.34. The van der Waals surface area contributed by atoms with Gasteiger partial charge in [-0.1, -0.05) is 41.5 Å². The molecule has 0 amide bonds. The molecule has 0 heterocycles. The zero-order valence-electron chi connectivity index (χ0n) is 10.2. The smallest absolute Gasteiger partial charge is 0.0598 e. The van der Waals surface area contributed by atoms with Crippen LogP contribution in [0.2, 0.25) is 0 Å². The van der Waals surface area contributed by atoms with Crippen molar-refractivity contribution in [1.29, 1.82) is 0 Å². The molecule has 0 saturated carbocycles. The van der Waals surface area contributed by atoms with Gasteiger partial charge in [0, 0.05) is 16.3 Å². The maximum atomic E-state index is 2.29. The first-order valence-corrected chi connectivity index (χ1v) is 8.27. The van der Waals surface area contributed by atoms with Crippen molar-refractivity contribution in [1.82, 2.24) is 0 Å². The number of hydrogen-bond donors (Lipinski definition) is 0. The Kier molecular flexibility index (Phi) is 8.85. The lowest BCUT2D eigenvalue weighted by Crippen LogP contribution is -2.10. The van der Waals surface area contributed by atoms with Gasteiger partial charge in [-0.05, 0) is 5.25 Å². The average Bonchev–Trinajstić information content (AvgIpc) is 1.97. The summed E-state index contributed by atoms with van der Waals surface area (Å²) >= 11 is 6.31. The topological polar surface area (TPSA) is 0 Å². The Morgan fingerprint density at radius 3 is 1.43 bits per heavy atom. The first-order chi connectivity index (χ1) is 6.41. The van der Waals surface area contributed by atoms with Gasteiger partial charge in [0.15, 0.2) is 0 Å². The third kappa shape index (κ3) is 9.60. The number of thioether (sulfide) groups is 3. The van der Waals surface area contributed by atoms with Crippen LogP contribution in [0, 0.1) is 0 Å².